The standard InChI is InChI=1S/C32H31N3O2S/c1-23-9-13-29(14-10-23)38(36,37)33-21-32(28-7-5-4-6-8-28)22-34-19-26-17-25(3)12-16-31(26)35(32)20-27-18-24(2)11-15-30(27)34/h4-18,21H,19-20,22H2,1-3H3/b33-21+. The van der Waals surface area contributed by atoms with Crippen molar-refractivity contribution >= 4 is 27.6 Å². The predicted molar refractivity (Wildman–Crippen MR) is 155 cm³/mol. The van der Waals surface area contributed by atoms with Crippen molar-refractivity contribution in [3.63, 3.8) is 0 Å². The molecule has 2 aliphatic heterocycles. The van der Waals surface area contributed by atoms with E-state index in [0.717, 1.165) is 23.4 Å². The van der Waals surface area contributed by atoms with E-state index in [1.54, 1.807) is 30.5 Å². The largest absolute Gasteiger partial charge is 0.364 e. The highest BCUT2D eigenvalue weighted by Gasteiger charge is 2.45. The maximum absolute atomic E-state index is 13.5. The number of hydrogen-bond acceptors (Lipinski definition) is 4. The predicted octanol–water partition coefficient (Wildman–Crippen LogP) is 6.31. The first-order valence-corrected chi connectivity index (χ1v) is 14.3. The molecule has 5 nitrogen and oxygen atoms in total. The lowest BCUT2D eigenvalue weighted by Gasteiger charge is -2.42. The summed E-state index contributed by atoms with van der Waals surface area (Å²) in [4.78, 5) is 4.94. The zero-order valence-corrected chi connectivity index (χ0v) is 22.7. The molecule has 38 heavy (non-hydrogen) atoms. The summed E-state index contributed by atoms with van der Waals surface area (Å²) in [5.41, 5.74) is 8.34. The van der Waals surface area contributed by atoms with Gasteiger partial charge in [-0.1, -0.05) is 83.4 Å². The molecule has 6 rings (SSSR count). The van der Waals surface area contributed by atoms with Crippen molar-refractivity contribution in [2.45, 2.75) is 44.3 Å². The fourth-order valence-corrected chi connectivity index (χ4v) is 6.67. The van der Waals surface area contributed by atoms with Crippen LogP contribution in [0.15, 0.2) is 100 Å². The number of nitrogens with zero attached hydrogens (tertiary/aromatic N) is 3. The molecule has 1 atom stereocenters. The first-order valence-electron chi connectivity index (χ1n) is 12.9. The first kappa shape index (κ1) is 24.4. The molecule has 0 N–H and O–H groups in total. The third-order valence-corrected chi connectivity index (χ3v) is 8.95. The summed E-state index contributed by atoms with van der Waals surface area (Å²) >= 11 is 0. The Labute approximate surface area is 225 Å². The van der Waals surface area contributed by atoms with Crippen LogP contribution in [0.25, 0.3) is 0 Å². The summed E-state index contributed by atoms with van der Waals surface area (Å²) < 4.78 is 31.3. The van der Waals surface area contributed by atoms with Gasteiger partial charge in [-0.15, -0.1) is 0 Å². The molecule has 0 aromatic heterocycles. The van der Waals surface area contributed by atoms with E-state index in [2.05, 4.69) is 76.6 Å². The molecule has 0 amide bonds. The molecular weight excluding hydrogens is 490 g/mol. The van der Waals surface area contributed by atoms with Crippen molar-refractivity contribution in [1.82, 2.24) is 0 Å². The van der Waals surface area contributed by atoms with E-state index in [-0.39, 0.29) is 4.90 Å². The Kier molecular flexibility index (Phi) is 5.88. The van der Waals surface area contributed by atoms with Crippen LogP contribution in [0, 0.1) is 20.8 Å². The Balaban J connectivity index is 1.59. The fourth-order valence-electron chi connectivity index (χ4n) is 5.76. The third-order valence-electron chi connectivity index (χ3n) is 7.70. The lowest BCUT2D eigenvalue weighted by Crippen LogP contribution is -2.52. The minimum atomic E-state index is -3.90. The molecule has 0 spiro atoms. The molecule has 0 aliphatic carbocycles. The highest BCUT2D eigenvalue weighted by Crippen LogP contribution is 2.45. The Morgan fingerprint density at radius 2 is 1.34 bits per heavy atom. The number of aryl methyl sites for hydroxylation is 3. The van der Waals surface area contributed by atoms with Crippen LogP contribution in [-0.4, -0.2) is 21.2 Å². The van der Waals surface area contributed by atoms with Crippen molar-refractivity contribution < 1.29 is 8.42 Å². The Morgan fingerprint density at radius 3 is 2.03 bits per heavy atom. The Morgan fingerprint density at radius 1 is 0.737 bits per heavy atom. The van der Waals surface area contributed by atoms with Crippen LogP contribution < -0.4 is 9.80 Å². The van der Waals surface area contributed by atoms with E-state index in [1.165, 1.54) is 27.9 Å². The van der Waals surface area contributed by atoms with Gasteiger partial charge < -0.3 is 9.80 Å². The molecule has 0 saturated heterocycles. The number of fused-ring (bicyclic) bond motifs is 7. The van der Waals surface area contributed by atoms with Gasteiger partial charge in [0.2, 0.25) is 0 Å². The van der Waals surface area contributed by atoms with Crippen LogP contribution >= 0.6 is 0 Å². The average Bonchev–Trinajstić information content (AvgIpc) is 3.12. The summed E-state index contributed by atoms with van der Waals surface area (Å²) in [5.74, 6) is 0. The van der Waals surface area contributed by atoms with E-state index < -0.39 is 15.6 Å². The molecule has 2 aliphatic rings. The molecule has 0 radical (unpaired) electrons. The molecule has 1 unspecified atom stereocenters. The smallest absolute Gasteiger partial charge is 0.282 e. The minimum absolute atomic E-state index is 0.199. The van der Waals surface area contributed by atoms with Crippen molar-refractivity contribution in [3.8, 4) is 0 Å². The van der Waals surface area contributed by atoms with Gasteiger partial charge in [0.15, 0.2) is 0 Å². The SMILES string of the molecule is Cc1ccc(S(=O)(=O)/N=C/C2(c3ccccc3)CN3Cc4cc(C)ccc4N2Cc2cc(C)ccc23)cc1. The van der Waals surface area contributed by atoms with Gasteiger partial charge in [0.25, 0.3) is 10.0 Å². The molecule has 2 bridgehead atoms. The van der Waals surface area contributed by atoms with Gasteiger partial charge in [0, 0.05) is 24.5 Å². The Bertz CT molecular complexity index is 1650. The molecule has 2 heterocycles. The minimum Gasteiger partial charge on any atom is -0.364 e. The second kappa shape index (κ2) is 9.14. The number of rotatable bonds is 4. The van der Waals surface area contributed by atoms with Gasteiger partial charge in [0.05, 0.1) is 17.7 Å². The molecule has 4 aromatic rings. The van der Waals surface area contributed by atoms with Crippen LogP contribution in [0.3, 0.4) is 0 Å². The van der Waals surface area contributed by atoms with Gasteiger partial charge >= 0.3 is 0 Å². The first-order chi connectivity index (χ1) is 18.2. The third kappa shape index (κ3) is 4.19. The summed E-state index contributed by atoms with van der Waals surface area (Å²) in [5, 5.41) is 0. The number of anilines is 2. The van der Waals surface area contributed by atoms with Gasteiger partial charge in [-0.3, -0.25) is 0 Å². The molecular formula is C32H31N3O2S. The van der Waals surface area contributed by atoms with Crippen LogP contribution in [0.5, 0.6) is 0 Å². The number of benzene rings is 4. The van der Waals surface area contributed by atoms with Crippen molar-refractivity contribution in [2.75, 3.05) is 16.3 Å². The van der Waals surface area contributed by atoms with E-state index >= 15 is 0 Å². The van der Waals surface area contributed by atoms with Crippen LogP contribution in [0.1, 0.15) is 33.4 Å². The molecule has 6 heteroatoms. The maximum atomic E-state index is 13.5. The van der Waals surface area contributed by atoms with Gasteiger partial charge in [-0.05, 0) is 61.7 Å². The molecule has 4 aromatic carbocycles. The highest BCUT2D eigenvalue weighted by atomic mass is 32.2. The van der Waals surface area contributed by atoms with Gasteiger partial charge in [-0.2, -0.15) is 12.8 Å². The lowest BCUT2D eigenvalue weighted by atomic mass is 9.88. The zero-order chi connectivity index (χ0) is 26.5. The number of hydrogen-bond donors (Lipinski definition) is 0. The Hall–Kier alpha value is -3.90. The fraction of sp³-hybridized carbons (Fsp3) is 0.219. The lowest BCUT2D eigenvalue weighted by molar-refractivity contribution is 0.545. The second-order valence-corrected chi connectivity index (χ2v) is 12.2. The maximum Gasteiger partial charge on any atom is 0.282 e. The second-order valence-electron chi connectivity index (χ2n) is 10.5. The van der Waals surface area contributed by atoms with E-state index in [1.807, 2.05) is 25.1 Å². The van der Waals surface area contributed by atoms with Crippen LogP contribution in [-0.2, 0) is 28.7 Å². The zero-order valence-electron chi connectivity index (χ0n) is 21.9. The van der Waals surface area contributed by atoms with Gasteiger partial charge in [0.1, 0.15) is 5.54 Å². The summed E-state index contributed by atoms with van der Waals surface area (Å²) in [6.45, 7) is 8.10. The van der Waals surface area contributed by atoms with E-state index in [9.17, 15) is 8.42 Å². The topological polar surface area (TPSA) is 53.0 Å². The van der Waals surface area contributed by atoms with Crippen molar-refractivity contribution in [3.05, 3.63) is 124 Å². The molecule has 192 valence electrons. The monoisotopic (exact) mass is 521 g/mol. The van der Waals surface area contributed by atoms with E-state index in [0.29, 0.717) is 13.1 Å². The van der Waals surface area contributed by atoms with Crippen LogP contribution in [0.4, 0.5) is 11.4 Å². The highest BCUT2D eigenvalue weighted by molar-refractivity contribution is 7.90. The summed E-state index contributed by atoms with van der Waals surface area (Å²) in [7, 11) is -3.90. The van der Waals surface area contributed by atoms with Crippen LogP contribution in [0.2, 0.25) is 0 Å². The summed E-state index contributed by atoms with van der Waals surface area (Å²) in [6, 6.07) is 30.2. The normalized spacial score (nSPS) is 18.7. The average molecular weight is 522 g/mol. The molecule has 0 fully saturated rings. The van der Waals surface area contributed by atoms with Crippen molar-refractivity contribution in [1.29, 1.82) is 0 Å². The molecule has 0 saturated carbocycles. The van der Waals surface area contributed by atoms with Gasteiger partial charge in [-0.25, -0.2) is 0 Å². The van der Waals surface area contributed by atoms with E-state index in [4.69, 9.17) is 0 Å². The summed E-state index contributed by atoms with van der Waals surface area (Å²) in [6.07, 6.45) is 1.68. The number of sulfonamides is 1. The van der Waals surface area contributed by atoms with Crippen molar-refractivity contribution in [2.24, 2.45) is 4.40 Å². The quantitative estimate of drug-likeness (QED) is 0.296.